The molecule has 72 heavy (non-hydrogen) atoms. The number of allylic oxidation sites excluding steroid dienone is 6. The summed E-state index contributed by atoms with van der Waals surface area (Å²) in [6.45, 7) is 4.79. The number of esters is 1. The number of aliphatic hydroxyl groups is 2. The van der Waals surface area contributed by atoms with Gasteiger partial charge in [-0.05, 0) is 77.0 Å². The Bertz CT molecular complexity index is 1210. The molecule has 6 heteroatoms. The number of hydrogen-bond acceptors (Lipinski definition) is 5. The molecule has 2 atom stereocenters. The molecule has 0 bridgehead atoms. The Kier molecular flexibility index (Phi) is 59.5. The molecule has 422 valence electrons. The van der Waals surface area contributed by atoms with Crippen LogP contribution in [0.5, 0.6) is 0 Å². The van der Waals surface area contributed by atoms with Crippen molar-refractivity contribution in [2.24, 2.45) is 0 Å². The van der Waals surface area contributed by atoms with Crippen molar-refractivity contribution in [3.63, 3.8) is 0 Å². The second-order valence-electron chi connectivity index (χ2n) is 21.7. The van der Waals surface area contributed by atoms with Crippen LogP contribution in [0.4, 0.5) is 0 Å². The first-order valence-electron chi connectivity index (χ1n) is 31.9. The van der Waals surface area contributed by atoms with E-state index in [0.717, 1.165) is 51.4 Å². The first kappa shape index (κ1) is 69.8. The lowest BCUT2D eigenvalue weighted by molar-refractivity contribution is -0.143. The summed E-state index contributed by atoms with van der Waals surface area (Å²) in [6, 6.07) is -0.634. The molecule has 0 aromatic carbocycles. The predicted octanol–water partition coefficient (Wildman–Crippen LogP) is 20.1. The minimum Gasteiger partial charge on any atom is -0.465 e. The molecule has 2 unspecified atom stereocenters. The fraction of sp³-hybridized carbons (Fsp3) is 0.848. The van der Waals surface area contributed by atoms with Crippen molar-refractivity contribution < 1.29 is 24.5 Å². The number of carbonyl (C=O) groups excluding carboxylic acids is 2. The molecular weight excluding hydrogens is 887 g/mol. The SMILES string of the molecule is CCCCCC/C=C\CCCCCCCC(=O)OCC/C=C\C/C=C\CCCCCCCCCCCCCCCCC(=O)NC(CO)C(O)/C=C/CCCCCCCCCCCCCCCCCCCCC. The molecule has 0 heterocycles. The Balaban J connectivity index is 3.49. The lowest BCUT2D eigenvalue weighted by Gasteiger charge is -2.20. The molecule has 0 saturated heterocycles. The average Bonchev–Trinajstić information content (AvgIpc) is 3.38. The number of ether oxygens (including phenoxy) is 1. The van der Waals surface area contributed by atoms with E-state index in [1.807, 2.05) is 6.08 Å². The van der Waals surface area contributed by atoms with Crippen molar-refractivity contribution in [2.45, 2.75) is 347 Å². The van der Waals surface area contributed by atoms with Crippen LogP contribution in [0.3, 0.4) is 0 Å². The normalized spacial score (nSPS) is 12.9. The molecule has 0 radical (unpaired) electrons. The first-order valence-corrected chi connectivity index (χ1v) is 31.9. The average molecular weight is 1010 g/mol. The third-order valence-electron chi connectivity index (χ3n) is 14.6. The Morgan fingerprint density at radius 3 is 1.08 bits per heavy atom. The zero-order valence-corrected chi connectivity index (χ0v) is 48.2. The molecule has 0 aliphatic heterocycles. The number of hydrogen-bond donors (Lipinski definition) is 3. The minimum absolute atomic E-state index is 0.0452. The molecular formula is C66H123NO5. The Morgan fingerprint density at radius 1 is 0.389 bits per heavy atom. The Morgan fingerprint density at radius 2 is 0.694 bits per heavy atom. The van der Waals surface area contributed by atoms with Crippen LogP contribution in [-0.2, 0) is 14.3 Å². The van der Waals surface area contributed by atoms with Gasteiger partial charge in [-0.25, -0.2) is 0 Å². The van der Waals surface area contributed by atoms with Crippen LogP contribution >= 0.6 is 0 Å². The van der Waals surface area contributed by atoms with Crippen LogP contribution in [0.1, 0.15) is 335 Å². The smallest absolute Gasteiger partial charge is 0.305 e. The van der Waals surface area contributed by atoms with Gasteiger partial charge in [-0.3, -0.25) is 9.59 Å². The second-order valence-corrected chi connectivity index (χ2v) is 21.7. The zero-order valence-electron chi connectivity index (χ0n) is 48.2. The Labute approximate surface area is 448 Å². The van der Waals surface area contributed by atoms with Gasteiger partial charge >= 0.3 is 5.97 Å². The van der Waals surface area contributed by atoms with Crippen molar-refractivity contribution in [3.8, 4) is 0 Å². The van der Waals surface area contributed by atoms with Gasteiger partial charge in [0.05, 0.1) is 25.4 Å². The molecule has 0 fully saturated rings. The topological polar surface area (TPSA) is 95.9 Å². The maximum Gasteiger partial charge on any atom is 0.305 e. The monoisotopic (exact) mass is 1010 g/mol. The first-order chi connectivity index (χ1) is 35.5. The van der Waals surface area contributed by atoms with Gasteiger partial charge in [-0.15, -0.1) is 0 Å². The van der Waals surface area contributed by atoms with Crippen molar-refractivity contribution in [1.29, 1.82) is 0 Å². The van der Waals surface area contributed by atoms with E-state index in [4.69, 9.17) is 4.74 Å². The Hall–Kier alpha value is -2.18. The number of carbonyl (C=O) groups is 2. The fourth-order valence-corrected chi connectivity index (χ4v) is 9.70. The number of nitrogens with one attached hydrogen (secondary N) is 1. The molecule has 0 aromatic heterocycles. The summed E-state index contributed by atoms with van der Waals surface area (Å²) in [4.78, 5) is 24.5. The van der Waals surface area contributed by atoms with Gasteiger partial charge in [0.1, 0.15) is 0 Å². The standard InChI is InChI=1S/C66H123NO5/c1-3-5-7-9-11-13-15-17-18-19-20-22-25-28-31-35-38-42-46-50-54-58-64(69)63(62-68)67-65(70)59-55-51-47-43-39-36-32-29-26-23-21-24-27-30-33-37-41-45-49-53-57-61-72-66(71)60-56-52-48-44-40-34-16-14-12-10-8-6-4-2/h14,16,37,41,49,53-54,58,63-64,68-69H,3-13,15,17-36,38-40,42-48,50-52,55-57,59-62H2,1-2H3,(H,67,70)/b16-14-,41-37-,53-49-,58-54+. The van der Waals surface area contributed by atoms with E-state index < -0.39 is 12.1 Å². The van der Waals surface area contributed by atoms with E-state index in [1.54, 1.807) is 6.08 Å². The molecule has 0 spiro atoms. The summed E-state index contributed by atoms with van der Waals surface area (Å²) in [7, 11) is 0. The van der Waals surface area contributed by atoms with Crippen molar-refractivity contribution in [3.05, 3.63) is 48.6 Å². The molecule has 0 aromatic rings. The van der Waals surface area contributed by atoms with Gasteiger partial charge in [0, 0.05) is 12.8 Å². The van der Waals surface area contributed by atoms with Crippen LogP contribution in [0.25, 0.3) is 0 Å². The van der Waals surface area contributed by atoms with E-state index in [-0.39, 0.29) is 18.5 Å². The second kappa shape index (κ2) is 61.4. The molecule has 1 amide bonds. The number of unbranched alkanes of at least 4 members (excludes halogenated alkanes) is 42. The summed E-state index contributed by atoms with van der Waals surface area (Å²) in [5.74, 6) is -0.116. The molecule has 0 saturated carbocycles. The third kappa shape index (κ3) is 57.1. The van der Waals surface area contributed by atoms with Crippen molar-refractivity contribution in [2.75, 3.05) is 13.2 Å². The van der Waals surface area contributed by atoms with Gasteiger partial charge in [0.15, 0.2) is 0 Å². The van der Waals surface area contributed by atoms with Gasteiger partial charge < -0.3 is 20.3 Å². The van der Waals surface area contributed by atoms with E-state index in [1.165, 1.54) is 257 Å². The van der Waals surface area contributed by atoms with E-state index in [0.29, 0.717) is 19.4 Å². The number of rotatable bonds is 59. The van der Waals surface area contributed by atoms with Gasteiger partial charge in [-0.2, -0.15) is 0 Å². The van der Waals surface area contributed by atoms with Crippen LogP contribution in [-0.4, -0.2) is 47.4 Å². The quantitative estimate of drug-likeness (QED) is 0.0320. The molecule has 3 N–H and O–H groups in total. The maximum atomic E-state index is 12.5. The lowest BCUT2D eigenvalue weighted by Crippen LogP contribution is -2.45. The minimum atomic E-state index is -0.850. The van der Waals surface area contributed by atoms with Crippen LogP contribution in [0.15, 0.2) is 48.6 Å². The zero-order chi connectivity index (χ0) is 52.2. The number of aliphatic hydroxyl groups excluding tert-OH is 2. The number of amides is 1. The van der Waals surface area contributed by atoms with Crippen molar-refractivity contribution >= 4 is 11.9 Å². The fourth-order valence-electron chi connectivity index (χ4n) is 9.70. The van der Waals surface area contributed by atoms with E-state index in [9.17, 15) is 19.8 Å². The highest BCUT2D eigenvalue weighted by Crippen LogP contribution is 2.17. The summed E-state index contributed by atoms with van der Waals surface area (Å²) < 4.78 is 5.40. The summed E-state index contributed by atoms with van der Waals surface area (Å²) in [5.41, 5.74) is 0. The highest BCUT2D eigenvalue weighted by Gasteiger charge is 2.18. The van der Waals surface area contributed by atoms with Crippen LogP contribution in [0, 0.1) is 0 Å². The third-order valence-corrected chi connectivity index (χ3v) is 14.6. The summed E-state index contributed by atoms with van der Waals surface area (Å²) in [5, 5.41) is 23.2. The summed E-state index contributed by atoms with van der Waals surface area (Å²) in [6.07, 6.45) is 78.8. The summed E-state index contributed by atoms with van der Waals surface area (Å²) >= 11 is 0. The highest BCUT2D eigenvalue weighted by atomic mass is 16.5. The van der Waals surface area contributed by atoms with Crippen LogP contribution < -0.4 is 5.32 Å². The molecule has 6 nitrogen and oxygen atoms in total. The molecule has 0 aliphatic carbocycles. The van der Waals surface area contributed by atoms with Crippen molar-refractivity contribution in [1.82, 2.24) is 5.32 Å². The van der Waals surface area contributed by atoms with Gasteiger partial charge in [-0.1, -0.05) is 294 Å². The lowest BCUT2D eigenvalue weighted by atomic mass is 10.0. The highest BCUT2D eigenvalue weighted by molar-refractivity contribution is 5.76. The van der Waals surface area contributed by atoms with E-state index >= 15 is 0 Å². The molecule has 0 aliphatic rings. The van der Waals surface area contributed by atoms with Gasteiger partial charge in [0.25, 0.3) is 0 Å². The largest absolute Gasteiger partial charge is 0.465 e. The predicted molar refractivity (Wildman–Crippen MR) is 315 cm³/mol. The molecule has 0 rings (SSSR count). The van der Waals surface area contributed by atoms with Crippen LogP contribution in [0.2, 0.25) is 0 Å². The van der Waals surface area contributed by atoms with E-state index in [2.05, 4.69) is 55.6 Å². The maximum absolute atomic E-state index is 12.5. The van der Waals surface area contributed by atoms with Gasteiger partial charge in [0.2, 0.25) is 5.91 Å².